The summed E-state index contributed by atoms with van der Waals surface area (Å²) >= 11 is 3.21. The zero-order valence-electron chi connectivity index (χ0n) is 6.46. The highest BCUT2D eigenvalue weighted by Gasteiger charge is 2.10. The topological polar surface area (TPSA) is 41.6 Å². The van der Waals surface area contributed by atoms with E-state index in [-0.39, 0.29) is 5.82 Å². The molecule has 0 aliphatic heterocycles. The fraction of sp³-hybridized carbons (Fsp3) is 0. The number of pyridine rings is 1. The molecule has 0 radical (unpaired) electrons. The average molecular weight is 242 g/mol. The summed E-state index contributed by atoms with van der Waals surface area (Å²) in [5, 5.41) is 6.41. The van der Waals surface area contributed by atoms with Gasteiger partial charge in [0.2, 0.25) is 0 Å². The molecular weight excluding hydrogens is 237 g/mol. The first kappa shape index (κ1) is 8.37. The highest BCUT2D eigenvalue weighted by atomic mass is 79.9. The molecule has 0 saturated heterocycles. The predicted octanol–water partition coefficient (Wildman–Crippen LogP) is 2.37. The molecule has 66 valence electrons. The van der Waals surface area contributed by atoms with Crippen molar-refractivity contribution in [1.29, 1.82) is 0 Å². The molecule has 13 heavy (non-hydrogen) atoms. The summed E-state index contributed by atoms with van der Waals surface area (Å²) in [4.78, 5) is 3.92. The zero-order chi connectivity index (χ0) is 9.26. The second kappa shape index (κ2) is 3.26. The Hall–Kier alpha value is -1.23. The van der Waals surface area contributed by atoms with Crippen LogP contribution in [0.4, 0.5) is 4.39 Å². The highest BCUT2D eigenvalue weighted by molar-refractivity contribution is 9.10. The fourth-order valence-electron chi connectivity index (χ4n) is 1.02. The van der Waals surface area contributed by atoms with E-state index in [0.717, 1.165) is 0 Å². The third kappa shape index (κ3) is 1.47. The van der Waals surface area contributed by atoms with Crippen LogP contribution in [0.25, 0.3) is 11.3 Å². The standard InChI is InChI=1S/C8H5BrFN3/c9-8-5(4-12-13-8)7-6(10)2-1-3-11-7/h1-4H,(H,12,13). The molecule has 0 amide bonds. The quantitative estimate of drug-likeness (QED) is 0.833. The molecule has 2 heterocycles. The van der Waals surface area contributed by atoms with E-state index in [1.165, 1.54) is 18.5 Å². The molecule has 0 aliphatic carbocycles. The van der Waals surface area contributed by atoms with Gasteiger partial charge in [-0.25, -0.2) is 4.39 Å². The summed E-state index contributed by atoms with van der Waals surface area (Å²) in [6, 6.07) is 2.91. The summed E-state index contributed by atoms with van der Waals surface area (Å²) in [5.74, 6) is -0.357. The van der Waals surface area contributed by atoms with E-state index in [2.05, 4.69) is 31.1 Å². The van der Waals surface area contributed by atoms with Crippen LogP contribution in [0.2, 0.25) is 0 Å². The van der Waals surface area contributed by atoms with Gasteiger partial charge in [-0.1, -0.05) is 0 Å². The van der Waals surface area contributed by atoms with Crippen LogP contribution in [0.5, 0.6) is 0 Å². The fourth-order valence-corrected chi connectivity index (χ4v) is 1.41. The van der Waals surface area contributed by atoms with E-state index in [0.29, 0.717) is 15.9 Å². The molecule has 0 fully saturated rings. The van der Waals surface area contributed by atoms with Gasteiger partial charge in [-0.3, -0.25) is 10.1 Å². The van der Waals surface area contributed by atoms with Crippen molar-refractivity contribution in [2.45, 2.75) is 0 Å². The van der Waals surface area contributed by atoms with Gasteiger partial charge in [0.15, 0.2) is 0 Å². The van der Waals surface area contributed by atoms with E-state index in [1.54, 1.807) is 6.07 Å². The molecule has 0 unspecified atom stereocenters. The number of hydrogen-bond donors (Lipinski definition) is 1. The second-order valence-corrected chi connectivity index (χ2v) is 3.22. The van der Waals surface area contributed by atoms with Gasteiger partial charge >= 0.3 is 0 Å². The number of hydrogen-bond acceptors (Lipinski definition) is 2. The van der Waals surface area contributed by atoms with Gasteiger partial charge in [0.25, 0.3) is 0 Å². The third-order valence-electron chi connectivity index (χ3n) is 1.61. The number of aromatic amines is 1. The zero-order valence-corrected chi connectivity index (χ0v) is 8.05. The summed E-state index contributed by atoms with van der Waals surface area (Å²) in [5.41, 5.74) is 0.918. The van der Waals surface area contributed by atoms with E-state index < -0.39 is 0 Å². The first-order valence-corrected chi connectivity index (χ1v) is 4.38. The van der Waals surface area contributed by atoms with Crippen LogP contribution < -0.4 is 0 Å². The number of halogens is 2. The summed E-state index contributed by atoms with van der Waals surface area (Å²) < 4.78 is 13.8. The van der Waals surface area contributed by atoms with E-state index in [1.807, 2.05) is 0 Å². The van der Waals surface area contributed by atoms with Gasteiger partial charge in [0.05, 0.1) is 11.8 Å². The minimum absolute atomic E-state index is 0.295. The molecule has 2 aromatic rings. The molecule has 3 nitrogen and oxygen atoms in total. The van der Waals surface area contributed by atoms with Crippen LogP contribution in [-0.2, 0) is 0 Å². The second-order valence-electron chi connectivity index (χ2n) is 2.43. The normalized spacial score (nSPS) is 10.3. The molecule has 0 saturated carbocycles. The lowest BCUT2D eigenvalue weighted by Crippen LogP contribution is -1.86. The number of aromatic nitrogens is 3. The van der Waals surface area contributed by atoms with Crippen molar-refractivity contribution in [2.24, 2.45) is 0 Å². The van der Waals surface area contributed by atoms with Crippen LogP contribution >= 0.6 is 15.9 Å². The van der Waals surface area contributed by atoms with Gasteiger partial charge in [-0.2, -0.15) is 5.10 Å². The minimum atomic E-state index is -0.357. The molecule has 2 rings (SSSR count). The first-order chi connectivity index (χ1) is 6.29. The van der Waals surface area contributed by atoms with Crippen molar-refractivity contribution in [3.05, 3.63) is 34.9 Å². The first-order valence-electron chi connectivity index (χ1n) is 3.59. The van der Waals surface area contributed by atoms with Crippen molar-refractivity contribution < 1.29 is 4.39 Å². The minimum Gasteiger partial charge on any atom is -0.271 e. The Morgan fingerprint density at radius 1 is 1.46 bits per heavy atom. The molecule has 0 bridgehead atoms. The Labute approximate surface area is 82.1 Å². The lowest BCUT2D eigenvalue weighted by Gasteiger charge is -1.97. The lowest BCUT2D eigenvalue weighted by atomic mass is 10.2. The van der Waals surface area contributed by atoms with Crippen molar-refractivity contribution in [3.8, 4) is 11.3 Å². The summed E-state index contributed by atoms with van der Waals surface area (Å²) in [6.45, 7) is 0. The van der Waals surface area contributed by atoms with Gasteiger partial charge in [0, 0.05) is 6.20 Å². The Bertz CT molecular complexity index is 427. The average Bonchev–Trinajstić information content (AvgIpc) is 2.52. The third-order valence-corrected chi connectivity index (χ3v) is 2.21. The molecule has 2 aromatic heterocycles. The van der Waals surface area contributed by atoms with Crippen LogP contribution in [-0.4, -0.2) is 15.2 Å². The van der Waals surface area contributed by atoms with Crippen LogP contribution in [0.1, 0.15) is 0 Å². The van der Waals surface area contributed by atoms with Gasteiger partial charge in [0.1, 0.15) is 16.1 Å². The Balaban J connectivity index is 2.59. The van der Waals surface area contributed by atoms with E-state index in [9.17, 15) is 4.39 Å². The molecule has 0 aliphatic rings. The summed E-state index contributed by atoms with van der Waals surface area (Å²) in [6.07, 6.45) is 3.06. The molecule has 5 heteroatoms. The Morgan fingerprint density at radius 2 is 2.31 bits per heavy atom. The Morgan fingerprint density at radius 3 is 2.92 bits per heavy atom. The smallest absolute Gasteiger partial charge is 0.149 e. The van der Waals surface area contributed by atoms with Crippen molar-refractivity contribution in [3.63, 3.8) is 0 Å². The summed E-state index contributed by atoms with van der Waals surface area (Å²) in [7, 11) is 0. The van der Waals surface area contributed by atoms with Gasteiger partial charge in [-0.15, -0.1) is 0 Å². The SMILES string of the molecule is Fc1cccnc1-c1cn[nH]c1Br. The maximum Gasteiger partial charge on any atom is 0.149 e. The van der Waals surface area contributed by atoms with Crippen molar-refractivity contribution in [1.82, 2.24) is 15.2 Å². The highest BCUT2D eigenvalue weighted by Crippen LogP contribution is 2.25. The molecule has 0 atom stereocenters. The molecular formula is C8H5BrFN3. The number of rotatable bonds is 1. The maximum atomic E-state index is 13.2. The lowest BCUT2D eigenvalue weighted by molar-refractivity contribution is 0.625. The number of nitrogens with zero attached hydrogens (tertiary/aromatic N) is 2. The number of nitrogens with one attached hydrogen (secondary N) is 1. The predicted molar refractivity (Wildman–Crippen MR) is 49.5 cm³/mol. The van der Waals surface area contributed by atoms with Crippen LogP contribution in [0, 0.1) is 5.82 Å². The largest absolute Gasteiger partial charge is 0.271 e. The van der Waals surface area contributed by atoms with Gasteiger partial charge < -0.3 is 0 Å². The molecule has 0 aromatic carbocycles. The Kier molecular flexibility index (Phi) is 2.10. The maximum absolute atomic E-state index is 13.2. The van der Waals surface area contributed by atoms with E-state index in [4.69, 9.17) is 0 Å². The van der Waals surface area contributed by atoms with E-state index >= 15 is 0 Å². The molecule has 1 N–H and O–H groups in total. The van der Waals surface area contributed by atoms with Crippen molar-refractivity contribution in [2.75, 3.05) is 0 Å². The monoisotopic (exact) mass is 241 g/mol. The van der Waals surface area contributed by atoms with Crippen LogP contribution in [0.3, 0.4) is 0 Å². The van der Waals surface area contributed by atoms with Crippen LogP contribution in [0.15, 0.2) is 29.1 Å². The van der Waals surface area contributed by atoms with Crippen molar-refractivity contribution >= 4 is 15.9 Å². The van der Waals surface area contributed by atoms with Gasteiger partial charge in [-0.05, 0) is 28.1 Å². The molecule has 0 spiro atoms. The number of H-pyrrole nitrogens is 1.